The summed E-state index contributed by atoms with van der Waals surface area (Å²) >= 11 is 0. The van der Waals surface area contributed by atoms with E-state index < -0.39 is 30.9 Å². The Bertz CT molecular complexity index is 497. The summed E-state index contributed by atoms with van der Waals surface area (Å²) in [7, 11) is 0. The van der Waals surface area contributed by atoms with E-state index in [0.29, 0.717) is 5.56 Å². The van der Waals surface area contributed by atoms with Crippen LogP contribution in [-0.4, -0.2) is 23.2 Å². The van der Waals surface area contributed by atoms with Crippen molar-refractivity contribution < 1.29 is 27.9 Å². The first-order valence-electron chi connectivity index (χ1n) is 5.39. The molecule has 0 saturated heterocycles. The zero-order valence-corrected chi connectivity index (χ0v) is 10.0. The fraction of sp³-hybridized carbons (Fsp3) is 0.333. The van der Waals surface area contributed by atoms with Gasteiger partial charge in [-0.05, 0) is 24.6 Å². The van der Waals surface area contributed by atoms with Gasteiger partial charge < -0.3 is 10.4 Å². The normalized spacial score (nSPS) is 11.2. The quantitative estimate of drug-likeness (QED) is 0.887. The SMILES string of the molecule is Cc1ccc(C(=O)O)cc1NC(=O)CCC(F)(F)F. The average molecular weight is 275 g/mol. The number of carboxylic acids is 1. The topological polar surface area (TPSA) is 66.4 Å². The zero-order valence-electron chi connectivity index (χ0n) is 10.0. The van der Waals surface area contributed by atoms with Gasteiger partial charge in [0.25, 0.3) is 0 Å². The van der Waals surface area contributed by atoms with E-state index in [1.54, 1.807) is 6.92 Å². The van der Waals surface area contributed by atoms with Crippen LogP contribution in [0.1, 0.15) is 28.8 Å². The van der Waals surface area contributed by atoms with Gasteiger partial charge >= 0.3 is 12.1 Å². The van der Waals surface area contributed by atoms with Gasteiger partial charge in [0.15, 0.2) is 0 Å². The molecule has 0 fully saturated rings. The standard InChI is InChI=1S/C12H12F3NO3/c1-7-2-3-8(11(18)19)6-9(7)16-10(17)4-5-12(13,14)15/h2-3,6H,4-5H2,1H3,(H,16,17)(H,18,19). The summed E-state index contributed by atoms with van der Waals surface area (Å²) in [6.07, 6.45) is -6.30. The molecule has 0 aromatic heterocycles. The molecule has 0 bridgehead atoms. The summed E-state index contributed by atoms with van der Waals surface area (Å²) in [6, 6.07) is 4.04. The van der Waals surface area contributed by atoms with Crippen LogP contribution in [0.25, 0.3) is 0 Å². The third-order valence-electron chi connectivity index (χ3n) is 2.39. The monoisotopic (exact) mass is 275 g/mol. The lowest BCUT2D eigenvalue weighted by Crippen LogP contribution is -2.17. The molecule has 4 nitrogen and oxygen atoms in total. The third kappa shape index (κ3) is 4.99. The number of alkyl halides is 3. The van der Waals surface area contributed by atoms with Gasteiger partial charge in [-0.1, -0.05) is 6.07 Å². The van der Waals surface area contributed by atoms with E-state index in [2.05, 4.69) is 5.32 Å². The average Bonchev–Trinajstić information content (AvgIpc) is 2.28. The van der Waals surface area contributed by atoms with Crippen molar-refractivity contribution in [3.8, 4) is 0 Å². The highest BCUT2D eigenvalue weighted by Gasteiger charge is 2.27. The minimum Gasteiger partial charge on any atom is -0.478 e. The zero-order chi connectivity index (χ0) is 14.6. The Kier molecular flexibility index (Phi) is 4.52. The molecular weight excluding hydrogens is 263 g/mol. The van der Waals surface area contributed by atoms with Crippen molar-refractivity contribution in [3.63, 3.8) is 0 Å². The number of nitrogens with one attached hydrogen (secondary N) is 1. The van der Waals surface area contributed by atoms with Crippen LogP contribution in [0.4, 0.5) is 18.9 Å². The smallest absolute Gasteiger partial charge is 0.389 e. The van der Waals surface area contributed by atoms with Crippen LogP contribution in [0.3, 0.4) is 0 Å². The van der Waals surface area contributed by atoms with Gasteiger partial charge in [0, 0.05) is 12.1 Å². The molecule has 104 valence electrons. The Morgan fingerprint density at radius 1 is 1.32 bits per heavy atom. The molecule has 0 heterocycles. The number of aryl methyl sites for hydroxylation is 1. The second-order valence-electron chi connectivity index (χ2n) is 4.00. The number of carbonyl (C=O) groups is 2. The van der Waals surface area contributed by atoms with E-state index >= 15 is 0 Å². The van der Waals surface area contributed by atoms with Crippen molar-refractivity contribution in [1.82, 2.24) is 0 Å². The van der Waals surface area contributed by atoms with Crippen LogP contribution >= 0.6 is 0 Å². The summed E-state index contributed by atoms with van der Waals surface area (Å²) in [5.41, 5.74) is 0.731. The molecule has 1 amide bonds. The summed E-state index contributed by atoms with van der Waals surface area (Å²) < 4.78 is 35.8. The van der Waals surface area contributed by atoms with Crippen molar-refractivity contribution in [3.05, 3.63) is 29.3 Å². The second kappa shape index (κ2) is 5.73. The van der Waals surface area contributed by atoms with Crippen LogP contribution in [0.5, 0.6) is 0 Å². The van der Waals surface area contributed by atoms with E-state index in [1.165, 1.54) is 18.2 Å². The van der Waals surface area contributed by atoms with Gasteiger partial charge in [0.1, 0.15) is 0 Å². The van der Waals surface area contributed by atoms with Crippen molar-refractivity contribution >= 4 is 17.6 Å². The van der Waals surface area contributed by atoms with Crippen LogP contribution in [-0.2, 0) is 4.79 Å². The largest absolute Gasteiger partial charge is 0.478 e. The first kappa shape index (κ1) is 15.0. The number of hydrogen-bond donors (Lipinski definition) is 2. The lowest BCUT2D eigenvalue weighted by Gasteiger charge is -2.10. The molecule has 1 aromatic carbocycles. The van der Waals surface area contributed by atoms with Crippen LogP contribution in [0.2, 0.25) is 0 Å². The van der Waals surface area contributed by atoms with E-state index in [4.69, 9.17) is 5.11 Å². The first-order chi connectivity index (χ1) is 8.69. The molecule has 0 spiro atoms. The number of hydrogen-bond acceptors (Lipinski definition) is 2. The maximum absolute atomic E-state index is 11.9. The lowest BCUT2D eigenvalue weighted by atomic mass is 10.1. The van der Waals surface area contributed by atoms with Crippen molar-refractivity contribution in [2.45, 2.75) is 25.9 Å². The molecule has 19 heavy (non-hydrogen) atoms. The first-order valence-corrected chi connectivity index (χ1v) is 5.39. The van der Waals surface area contributed by atoms with Crippen LogP contribution in [0, 0.1) is 6.92 Å². The van der Waals surface area contributed by atoms with Crippen molar-refractivity contribution in [2.75, 3.05) is 5.32 Å². The predicted octanol–water partition coefficient (Wildman–Crippen LogP) is 2.97. The van der Waals surface area contributed by atoms with E-state index in [0.717, 1.165) is 0 Å². The highest BCUT2D eigenvalue weighted by Crippen LogP contribution is 2.22. The summed E-state index contributed by atoms with van der Waals surface area (Å²) in [4.78, 5) is 22.1. The highest BCUT2D eigenvalue weighted by molar-refractivity contribution is 5.94. The van der Waals surface area contributed by atoms with Crippen molar-refractivity contribution in [2.24, 2.45) is 0 Å². The molecule has 0 aliphatic carbocycles. The van der Waals surface area contributed by atoms with E-state index in [1.807, 2.05) is 0 Å². The number of amides is 1. The minimum absolute atomic E-state index is 0.0447. The number of anilines is 1. The second-order valence-corrected chi connectivity index (χ2v) is 4.00. The fourth-order valence-electron chi connectivity index (χ4n) is 1.36. The Morgan fingerprint density at radius 3 is 2.47 bits per heavy atom. The van der Waals surface area contributed by atoms with Crippen LogP contribution in [0.15, 0.2) is 18.2 Å². The maximum atomic E-state index is 11.9. The van der Waals surface area contributed by atoms with E-state index in [-0.39, 0.29) is 11.3 Å². The number of carbonyl (C=O) groups excluding carboxylic acids is 1. The molecule has 0 atom stereocenters. The summed E-state index contributed by atoms with van der Waals surface area (Å²) in [5.74, 6) is -1.98. The molecule has 0 saturated carbocycles. The lowest BCUT2D eigenvalue weighted by molar-refractivity contribution is -0.142. The van der Waals surface area contributed by atoms with Gasteiger partial charge in [-0.2, -0.15) is 13.2 Å². The summed E-state index contributed by atoms with van der Waals surface area (Å²) in [6.45, 7) is 1.62. The number of carboxylic acid groups (broad SMARTS) is 1. The molecule has 0 aliphatic heterocycles. The Hall–Kier alpha value is -2.05. The molecule has 1 rings (SSSR count). The van der Waals surface area contributed by atoms with Gasteiger partial charge in [0.05, 0.1) is 12.0 Å². The number of halogens is 3. The maximum Gasteiger partial charge on any atom is 0.389 e. The number of benzene rings is 1. The molecular formula is C12H12F3NO3. The molecule has 2 N–H and O–H groups in total. The molecule has 0 radical (unpaired) electrons. The Morgan fingerprint density at radius 2 is 1.95 bits per heavy atom. The van der Waals surface area contributed by atoms with Gasteiger partial charge in [-0.3, -0.25) is 4.79 Å². The fourth-order valence-corrected chi connectivity index (χ4v) is 1.36. The highest BCUT2D eigenvalue weighted by atomic mass is 19.4. The minimum atomic E-state index is -4.39. The Balaban J connectivity index is 2.73. The number of rotatable bonds is 4. The molecule has 1 aromatic rings. The predicted molar refractivity (Wildman–Crippen MR) is 62.1 cm³/mol. The molecule has 0 aliphatic rings. The Labute approximate surface area is 107 Å². The van der Waals surface area contributed by atoms with Gasteiger partial charge in [0.2, 0.25) is 5.91 Å². The van der Waals surface area contributed by atoms with Crippen LogP contribution < -0.4 is 5.32 Å². The van der Waals surface area contributed by atoms with Gasteiger partial charge in [-0.25, -0.2) is 4.79 Å². The summed E-state index contributed by atoms with van der Waals surface area (Å²) in [5, 5.41) is 11.1. The van der Waals surface area contributed by atoms with Gasteiger partial charge in [-0.15, -0.1) is 0 Å². The third-order valence-corrected chi connectivity index (χ3v) is 2.39. The van der Waals surface area contributed by atoms with Crippen molar-refractivity contribution in [1.29, 1.82) is 0 Å². The van der Waals surface area contributed by atoms with E-state index in [9.17, 15) is 22.8 Å². The molecule has 7 heteroatoms. The molecule has 0 unspecified atom stereocenters. The number of aromatic carboxylic acids is 1.